The van der Waals surface area contributed by atoms with E-state index < -0.39 is 0 Å². The Bertz CT molecular complexity index is 3020. The SMILES string of the molecule is CC1(C)c2ccccc2-c2cc3c(cc21)oc1c(-c2ccc4c(c2)c2ccccc2n4-c2cc(-c4ccccc4)nc(-c4ccccc4)n2)cccc13. The van der Waals surface area contributed by atoms with Crippen LogP contribution in [0.15, 0.2) is 168 Å². The highest BCUT2D eigenvalue weighted by Gasteiger charge is 2.36. The van der Waals surface area contributed by atoms with Crippen molar-refractivity contribution in [1.29, 1.82) is 0 Å². The summed E-state index contributed by atoms with van der Waals surface area (Å²) in [7, 11) is 0. The summed E-state index contributed by atoms with van der Waals surface area (Å²) in [4.78, 5) is 10.3. The van der Waals surface area contributed by atoms with E-state index in [1.807, 2.05) is 24.3 Å². The third-order valence-corrected chi connectivity index (χ3v) is 11.2. The van der Waals surface area contributed by atoms with Crippen molar-refractivity contribution in [3.05, 3.63) is 175 Å². The van der Waals surface area contributed by atoms with Crippen LogP contribution in [0.5, 0.6) is 0 Å². The molecule has 0 bridgehead atoms. The van der Waals surface area contributed by atoms with Crippen molar-refractivity contribution in [2.45, 2.75) is 19.3 Å². The van der Waals surface area contributed by atoms with Crippen molar-refractivity contribution in [2.75, 3.05) is 0 Å². The van der Waals surface area contributed by atoms with E-state index in [0.717, 1.165) is 72.1 Å². The summed E-state index contributed by atoms with van der Waals surface area (Å²) in [5.74, 6) is 1.52. The minimum atomic E-state index is -0.0887. The van der Waals surface area contributed by atoms with Gasteiger partial charge in [-0.2, -0.15) is 0 Å². The Kier molecular flexibility index (Phi) is 6.27. The molecule has 1 aliphatic carbocycles. The van der Waals surface area contributed by atoms with E-state index in [9.17, 15) is 0 Å². The Hall–Kier alpha value is -6.78. The molecule has 0 saturated heterocycles. The van der Waals surface area contributed by atoms with Gasteiger partial charge < -0.3 is 4.42 Å². The number of rotatable bonds is 4. The third kappa shape index (κ3) is 4.42. The van der Waals surface area contributed by atoms with Crippen molar-refractivity contribution >= 4 is 43.7 Å². The lowest BCUT2D eigenvalue weighted by Crippen LogP contribution is -2.14. The van der Waals surface area contributed by atoms with Gasteiger partial charge in [-0.3, -0.25) is 4.57 Å². The van der Waals surface area contributed by atoms with E-state index in [4.69, 9.17) is 14.4 Å². The van der Waals surface area contributed by atoms with Gasteiger partial charge in [0.25, 0.3) is 0 Å². The molecule has 10 aromatic rings. The molecule has 0 fully saturated rings. The molecule has 4 heteroatoms. The van der Waals surface area contributed by atoms with E-state index in [1.165, 1.54) is 27.6 Å². The minimum absolute atomic E-state index is 0.0887. The molecule has 1 aliphatic rings. The van der Waals surface area contributed by atoms with E-state index in [2.05, 4.69) is 158 Å². The summed E-state index contributed by atoms with van der Waals surface area (Å²) < 4.78 is 9.09. The summed E-state index contributed by atoms with van der Waals surface area (Å²) in [6.07, 6.45) is 0. The van der Waals surface area contributed by atoms with Gasteiger partial charge in [-0.05, 0) is 58.1 Å². The molecule has 3 heterocycles. The van der Waals surface area contributed by atoms with Gasteiger partial charge >= 0.3 is 0 Å². The Balaban J connectivity index is 1.11. The Morgan fingerprint density at radius 2 is 1.17 bits per heavy atom. The van der Waals surface area contributed by atoms with Gasteiger partial charge in [0.1, 0.15) is 17.0 Å². The smallest absolute Gasteiger partial charge is 0.162 e. The topological polar surface area (TPSA) is 43.9 Å². The fourth-order valence-electron chi connectivity index (χ4n) is 8.63. The first-order chi connectivity index (χ1) is 26.0. The zero-order chi connectivity index (χ0) is 35.3. The molecule has 0 amide bonds. The van der Waals surface area contributed by atoms with Gasteiger partial charge in [-0.1, -0.05) is 141 Å². The molecule has 53 heavy (non-hydrogen) atoms. The largest absolute Gasteiger partial charge is 0.455 e. The van der Waals surface area contributed by atoms with E-state index in [0.29, 0.717) is 5.82 Å². The maximum atomic E-state index is 6.82. The number of furan rings is 1. The number of aromatic nitrogens is 3. The zero-order valence-corrected chi connectivity index (χ0v) is 29.3. The summed E-state index contributed by atoms with van der Waals surface area (Å²) in [5, 5.41) is 4.61. The average Bonchev–Trinajstić information content (AvgIpc) is 3.82. The Labute approximate surface area is 306 Å². The summed E-state index contributed by atoms with van der Waals surface area (Å²) in [5.41, 5.74) is 14.3. The first-order valence-electron chi connectivity index (χ1n) is 18.2. The fourth-order valence-corrected chi connectivity index (χ4v) is 8.63. The molecule has 11 rings (SSSR count). The lowest BCUT2D eigenvalue weighted by Gasteiger charge is -2.21. The van der Waals surface area contributed by atoms with Crippen LogP contribution < -0.4 is 0 Å². The molecule has 4 nitrogen and oxygen atoms in total. The highest BCUT2D eigenvalue weighted by atomic mass is 16.3. The molecule has 7 aromatic carbocycles. The lowest BCUT2D eigenvalue weighted by atomic mass is 9.82. The average molecular weight is 680 g/mol. The van der Waals surface area contributed by atoms with Gasteiger partial charge in [0, 0.05) is 49.7 Å². The summed E-state index contributed by atoms with van der Waals surface area (Å²) >= 11 is 0. The molecule has 0 unspecified atom stereocenters. The van der Waals surface area contributed by atoms with Crippen LogP contribution >= 0.6 is 0 Å². The number of benzene rings is 7. The molecule has 0 saturated carbocycles. The van der Waals surface area contributed by atoms with E-state index in [-0.39, 0.29) is 5.41 Å². The first-order valence-corrected chi connectivity index (χ1v) is 18.2. The molecule has 0 radical (unpaired) electrons. The molecule has 250 valence electrons. The molecule has 0 atom stereocenters. The minimum Gasteiger partial charge on any atom is -0.455 e. The second-order valence-electron chi connectivity index (χ2n) is 14.6. The van der Waals surface area contributed by atoms with Crippen LogP contribution in [0.4, 0.5) is 0 Å². The Morgan fingerprint density at radius 3 is 2.02 bits per heavy atom. The predicted molar refractivity (Wildman–Crippen MR) is 218 cm³/mol. The highest BCUT2D eigenvalue weighted by Crippen LogP contribution is 2.51. The quantitative estimate of drug-likeness (QED) is 0.186. The number of hydrogen-bond acceptors (Lipinski definition) is 3. The highest BCUT2D eigenvalue weighted by molar-refractivity contribution is 6.14. The van der Waals surface area contributed by atoms with E-state index in [1.54, 1.807) is 0 Å². The number of nitrogens with zero attached hydrogens (tertiary/aromatic N) is 3. The van der Waals surface area contributed by atoms with Crippen LogP contribution in [0.25, 0.3) is 94.5 Å². The monoisotopic (exact) mass is 679 g/mol. The predicted octanol–water partition coefficient (Wildman–Crippen LogP) is 12.8. The Morgan fingerprint density at radius 1 is 0.472 bits per heavy atom. The van der Waals surface area contributed by atoms with Crippen LogP contribution in [-0.4, -0.2) is 14.5 Å². The van der Waals surface area contributed by atoms with Gasteiger partial charge in [0.05, 0.1) is 16.7 Å². The van der Waals surface area contributed by atoms with Crippen molar-refractivity contribution in [3.8, 4) is 50.7 Å². The normalized spacial score (nSPS) is 13.2. The molecular weight excluding hydrogens is 647 g/mol. The van der Waals surface area contributed by atoms with Crippen molar-refractivity contribution in [1.82, 2.24) is 14.5 Å². The molecule has 0 spiro atoms. The number of para-hydroxylation sites is 2. The second-order valence-corrected chi connectivity index (χ2v) is 14.6. The maximum Gasteiger partial charge on any atom is 0.162 e. The molecule has 0 aliphatic heterocycles. The standard InChI is InChI=1S/C49H33N3O/c1-49(2)40-22-11-9-18-34(40)37-27-39-36-21-13-20-33(47(36)53-45(39)28-41(37)49)32-24-25-44-38(26-32)35-19-10-12-23-43(35)52(44)46-29-42(30-14-5-3-6-15-30)50-48(51-46)31-16-7-4-8-17-31/h3-29H,1-2H3. The van der Waals surface area contributed by atoms with Crippen molar-refractivity contribution in [3.63, 3.8) is 0 Å². The second kappa shape index (κ2) is 11.1. The number of fused-ring (bicyclic) bond motifs is 9. The first kappa shape index (κ1) is 29.9. The van der Waals surface area contributed by atoms with Crippen molar-refractivity contribution < 1.29 is 4.42 Å². The zero-order valence-electron chi connectivity index (χ0n) is 29.3. The molecule has 3 aromatic heterocycles. The van der Waals surface area contributed by atoms with Gasteiger partial charge in [-0.25, -0.2) is 9.97 Å². The molecule has 0 N–H and O–H groups in total. The van der Waals surface area contributed by atoms with Gasteiger partial charge in [-0.15, -0.1) is 0 Å². The lowest BCUT2D eigenvalue weighted by molar-refractivity contribution is 0.648. The summed E-state index contributed by atoms with van der Waals surface area (Å²) in [6.45, 7) is 4.63. The van der Waals surface area contributed by atoms with Crippen molar-refractivity contribution in [2.24, 2.45) is 0 Å². The van der Waals surface area contributed by atoms with Gasteiger partial charge in [0.2, 0.25) is 0 Å². The molecular formula is C49H33N3O. The van der Waals surface area contributed by atoms with Gasteiger partial charge in [0.15, 0.2) is 5.82 Å². The van der Waals surface area contributed by atoms with Crippen LogP contribution in [0.3, 0.4) is 0 Å². The third-order valence-electron chi connectivity index (χ3n) is 11.2. The van der Waals surface area contributed by atoms with Crippen LogP contribution in [0.1, 0.15) is 25.0 Å². The maximum absolute atomic E-state index is 6.82. The van der Waals surface area contributed by atoms with Crippen LogP contribution in [0.2, 0.25) is 0 Å². The van der Waals surface area contributed by atoms with E-state index >= 15 is 0 Å². The van der Waals surface area contributed by atoms with Crippen LogP contribution in [-0.2, 0) is 5.41 Å². The number of hydrogen-bond donors (Lipinski definition) is 0. The summed E-state index contributed by atoms with van der Waals surface area (Å²) in [6, 6.07) is 58.0. The van der Waals surface area contributed by atoms with Crippen LogP contribution in [0, 0.1) is 0 Å². The fraction of sp³-hybridized carbons (Fsp3) is 0.0612.